The van der Waals surface area contributed by atoms with Crippen molar-refractivity contribution in [3.05, 3.63) is 17.0 Å². The van der Waals surface area contributed by atoms with E-state index >= 15 is 0 Å². The van der Waals surface area contributed by atoms with E-state index in [1.807, 2.05) is 12.3 Å². The third-order valence-corrected chi connectivity index (χ3v) is 6.16. The smallest absolute Gasteiger partial charge is 0.250 e. The van der Waals surface area contributed by atoms with Crippen molar-refractivity contribution in [2.24, 2.45) is 5.41 Å². The van der Waals surface area contributed by atoms with Crippen LogP contribution in [-0.4, -0.2) is 21.5 Å². The van der Waals surface area contributed by atoms with Gasteiger partial charge in [-0.25, -0.2) is 13.1 Å². The summed E-state index contributed by atoms with van der Waals surface area (Å²) < 4.78 is 27.3. The second kappa shape index (κ2) is 5.28. The van der Waals surface area contributed by atoms with Crippen molar-refractivity contribution in [1.29, 1.82) is 0 Å². The summed E-state index contributed by atoms with van der Waals surface area (Å²) in [4.78, 5) is 0. The van der Waals surface area contributed by atoms with Crippen molar-refractivity contribution in [3.8, 4) is 0 Å². The molecule has 6 heteroatoms. The van der Waals surface area contributed by atoms with Gasteiger partial charge in [0.05, 0.1) is 0 Å². The van der Waals surface area contributed by atoms with Crippen LogP contribution in [0.4, 0.5) is 0 Å². The maximum Gasteiger partial charge on any atom is 0.250 e. The van der Waals surface area contributed by atoms with Gasteiger partial charge in [-0.3, -0.25) is 0 Å². The molecule has 0 amide bonds. The van der Waals surface area contributed by atoms with Gasteiger partial charge in [0.15, 0.2) is 0 Å². The van der Waals surface area contributed by atoms with Crippen molar-refractivity contribution < 1.29 is 8.42 Å². The third kappa shape index (κ3) is 3.54. The van der Waals surface area contributed by atoms with E-state index in [9.17, 15) is 8.42 Å². The Kier molecular flexibility index (Phi) is 4.11. The summed E-state index contributed by atoms with van der Waals surface area (Å²) in [5, 5.41) is 5.09. The van der Waals surface area contributed by atoms with Crippen molar-refractivity contribution in [1.82, 2.24) is 10.0 Å². The average Bonchev–Trinajstić information content (AvgIpc) is 2.89. The van der Waals surface area contributed by atoms with E-state index in [0.29, 0.717) is 10.8 Å². The van der Waals surface area contributed by atoms with E-state index in [2.05, 4.69) is 17.0 Å². The first-order valence-electron chi connectivity index (χ1n) is 6.23. The lowest BCUT2D eigenvalue weighted by Crippen LogP contribution is -2.28. The van der Waals surface area contributed by atoms with Crippen LogP contribution in [0.2, 0.25) is 0 Å². The summed E-state index contributed by atoms with van der Waals surface area (Å²) >= 11 is 1.29. The zero-order chi connectivity index (χ0) is 13.2. The van der Waals surface area contributed by atoms with E-state index < -0.39 is 10.0 Å². The Labute approximate surface area is 113 Å². The van der Waals surface area contributed by atoms with Crippen LogP contribution in [0.5, 0.6) is 0 Å². The summed E-state index contributed by atoms with van der Waals surface area (Å²) in [6.07, 6.45) is 2.23. The van der Waals surface area contributed by atoms with Gasteiger partial charge in [-0.05, 0) is 41.8 Å². The first-order valence-corrected chi connectivity index (χ1v) is 8.59. The highest BCUT2D eigenvalue weighted by molar-refractivity contribution is 7.91. The second-order valence-electron chi connectivity index (χ2n) is 5.19. The van der Waals surface area contributed by atoms with Crippen LogP contribution in [0.15, 0.2) is 15.7 Å². The molecule has 1 aliphatic carbocycles. The molecule has 0 atom stereocenters. The van der Waals surface area contributed by atoms with Crippen LogP contribution in [0, 0.1) is 5.41 Å². The number of thiophene rings is 1. The molecule has 0 bridgehead atoms. The van der Waals surface area contributed by atoms with Gasteiger partial charge in [-0.2, -0.15) is 0 Å². The first-order chi connectivity index (χ1) is 8.45. The van der Waals surface area contributed by atoms with Crippen molar-refractivity contribution >= 4 is 21.4 Å². The largest absolute Gasteiger partial charge is 0.313 e. The minimum absolute atomic E-state index is 0.191. The molecule has 0 unspecified atom stereocenters. The number of sulfonamides is 1. The lowest BCUT2D eigenvalue weighted by atomic mass is 10.2. The Bertz CT molecular complexity index is 504. The molecule has 102 valence electrons. The Morgan fingerprint density at radius 2 is 2.17 bits per heavy atom. The monoisotopic (exact) mass is 288 g/mol. The summed E-state index contributed by atoms with van der Waals surface area (Å²) in [6, 6.07) is 1.75. The minimum Gasteiger partial charge on any atom is -0.313 e. The van der Waals surface area contributed by atoms with Gasteiger partial charge in [-0.1, -0.05) is 13.8 Å². The highest BCUT2D eigenvalue weighted by atomic mass is 32.2. The number of hydrogen-bond acceptors (Lipinski definition) is 4. The predicted molar refractivity (Wildman–Crippen MR) is 74.2 cm³/mol. The molecule has 1 aliphatic rings. The topological polar surface area (TPSA) is 58.2 Å². The Morgan fingerprint density at radius 1 is 1.44 bits per heavy atom. The molecule has 2 N–H and O–H groups in total. The molecule has 0 spiro atoms. The molecular formula is C12H20N2O2S2. The number of nitrogens with one attached hydrogen (secondary N) is 2. The van der Waals surface area contributed by atoms with Gasteiger partial charge in [-0.15, -0.1) is 11.3 Å². The fourth-order valence-corrected chi connectivity index (χ4v) is 4.04. The fraction of sp³-hybridized carbons (Fsp3) is 0.667. The molecule has 0 aliphatic heterocycles. The zero-order valence-electron chi connectivity index (χ0n) is 10.8. The lowest BCUT2D eigenvalue weighted by molar-refractivity contribution is 0.531. The minimum atomic E-state index is -3.32. The molecule has 1 aromatic heterocycles. The maximum absolute atomic E-state index is 12.1. The van der Waals surface area contributed by atoms with E-state index in [-0.39, 0.29) is 5.41 Å². The van der Waals surface area contributed by atoms with Crippen LogP contribution in [0.25, 0.3) is 0 Å². The molecule has 2 rings (SSSR count). The molecule has 0 saturated heterocycles. The average molecular weight is 288 g/mol. The molecule has 0 radical (unpaired) electrons. The van der Waals surface area contributed by atoms with E-state index in [4.69, 9.17) is 0 Å². The Balaban J connectivity index is 1.97. The van der Waals surface area contributed by atoms with Gasteiger partial charge in [0, 0.05) is 13.1 Å². The van der Waals surface area contributed by atoms with Gasteiger partial charge < -0.3 is 5.32 Å². The van der Waals surface area contributed by atoms with Gasteiger partial charge >= 0.3 is 0 Å². The van der Waals surface area contributed by atoms with E-state index in [0.717, 1.165) is 31.5 Å². The SMILES string of the molecule is CCNCc1csc(S(=O)(=O)NCC2(C)CC2)c1. The van der Waals surface area contributed by atoms with E-state index in [1.54, 1.807) is 6.07 Å². The summed E-state index contributed by atoms with van der Waals surface area (Å²) in [5.41, 5.74) is 1.22. The first kappa shape index (κ1) is 14.0. The molecule has 4 nitrogen and oxygen atoms in total. The normalized spacial score (nSPS) is 17.9. The molecule has 1 aromatic rings. The van der Waals surface area contributed by atoms with Crippen molar-refractivity contribution in [2.75, 3.05) is 13.1 Å². The Hall–Kier alpha value is -0.430. The fourth-order valence-electron chi connectivity index (χ4n) is 1.59. The highest BCUT2D eigenvalue weighted by Gasteiger charge is 2.38. The van der Waals surface area contributed by atoms with Gasteiger partial charge in [0.25, 0.3) is 0 Å². The van der Waals surface area contributed by atoms with Crippen molar-refractivity contribution in [2.45, 2.75) is 37.4 Å². The Morgan fingerprint density at radius 3 is 2.78 bits per heavy atom. The number of rotatable bonds is 7. The van der Waals surface area contributed by atoms with Crippen LogP contribution in [-0.2, 0) is 16.6 Å². The van der Waals surface area contributed by atoms with Crippen LogP contribution >= 0.6 is 11.3 Å². The predicted octanol–water partition coefficient (Wildman–Crippen LogP) is 1.94. The molecule has 1 heterocycles. The zero-order valence-corrected chi connectivity index (χ0v) is 12.5. The number of hydrogen-bond donors (Lipinski definition) is 2. The summed E-state index contributed by atoms with van der Waals surface area (Å²) in [5.74, 6) is 0. The summed E-state index contributed by atoms with van der Waals surface area (Å²) in [6.45, 7) is 6.30. The molecule has 1 saturated carbocycles. The van der Waals surface area contributed by atoms with Crippen LogP contribution in [0.3, 0.4) is 0 Å². The molecular weight excluding hydrogens is 268 g/mol. The van der Waals surface area contributed by atoms with E-state index in [1.165, 1.54) is 11.3 Å². The third-order valence-electron chi connectivity index (χ3n) is 3.27. The lowest BCUT2D eigenvalue weighted by Gasteiger charge is -2.09. The second-order valence-corrected chi connectivity index (χ2v) is 8.09. The van der Waals surface area contributed by atoms with Gasteiger partial charge in [0.2, 0.25) is 10.0 Å². The standard InChI is InChI=1S/C12H20N2O2S2/c1-3-13-7-10-6-11(17-8-10)18(15,16)14-9-12(2)4-5-12/h6,8,13-14H,3-5,7,9H2,1-2H3. The van der Waals surface area contributed by atoms with Crippen molar-refractivity contribution in [3.63, 3.8) is 0 Å². The van der Waals surface area contributed by atoms with Crippen LogP contribution in [0.1, 0.15) is 32.3 Å². The van der Waals surface area contributed by atoms with Crippen LogP contribution < -0.4 is 10.0 Å². The maximum atomic E-state index is 12.1. The molecule has 0 aromatic carbocycles. The summed E-state index contributed by atoms with van der Waals surface area (Å²) in [7, 11) is -3.32. The molecule has 1 fully saturated rings. The molecule has 18 heavy (non-hydrogen) atoms. The quantitative estimate of drug-likeness (QED) is 0.806. The highest BCUT2D eigenvalue weighted by Crippen LogP contribution is 2.44. The van der Waals surface area contributed by atoms with Gasteiger partial charge in [0.1, 0.15) is 4.21 Å².